The molecule has 0 bridgehead atoms. The number of hydrogen-bond donors (Lipinski definition) is 2. The number of hydrogen-bond acceptors (Lipinski definition) is 3. The molecule has 124 valence electrons. The average Bonchev–Trinajstić information content (AvgIpc) is 2.55. The van der Waals surface area contributed by atoms with E-state index in [0.717, 1.165) is 0 Å². The predicted octanol–water partition coefficient (Wildman–Crippen LogP) is 2.74. The van der Waals surface area contributed by atoms with Crippen LogP contribution in [0.15, 0.2) is 57.9 Å². The lowest BCUT2D eigenvalue weighted by Gasteiger charge is -2.08. The maximum absolute atomic E-state index is 12.1. The molecule has 2 aromatic carbocycles. The Bertz CT molecular complexity index is 889. The van der Waals surface area contributed by atoms with Crippen LogP contribution in [0.2, 0.25) is 0 Å². The zero-order chi connectivity index (χ0) is 17.6. The van der Waals surface area contributed by atoms with Crippen molar-refractivity contribution in [3.05, 3.63) is 58.6 Å². The van der Waals surface area contributed by atoms with Gasteiger partial charge in [-0.05, 0) is 36.4 Å². The second-order valence-electron chi connectivity index (χ2n) is 4.88. The summed E-state index contributed by atoms with van der Waals surface area (Å²) in [5.74, 6) is 2.18. The van der Waals surface area contributed by atoms with Crippen LogP contribution in [0, 0.1) is 12.3 Å². The lowest BCUT2D eigenvalue weighted by Crippen LogP contribution is -2.27. The molecular weight excluding hydrogens is 392 g/mol. The Labute approximate surface area is 149 Å². The van der Waals surface area contributed by atoms with Crippen molar-refractivity contribution in [1.82, 2.24) is 4.72 Å². The van der Waals surface area contributed by atoms with Gasteiger partial charge in [0, 0.05) is 28.7 Å². The minimum Gasteiger partial charge on any atom is -0.326 e. The van der Waals surface area contributed by atoms with Crippen LogP contribution in [0.25, 0.3) is 0 Å². The van der Waals surface area contributed by atoms with Crippen LogP contribution in [0.1, 0.15) is 12.0 Å². The molecule has 0 saturated carbocycles. The molecule has 0 saturated heterocycles. The van der Waals surface area contributed by atoms with Gasteiger partial charge in [0.15, 0.2) is 0 Å². The normalized spacial score (nSPS) is 10.8. The summed E-state index contributed by atoms with van der Waals surface area (Å²) in [4.78, 5) is 12.0. The topological polar surface area (TPSA) is 75.3 Å². The maximum atomic E-state index is 12.1. The molecule has 2 N–H and O–H groups in total. The van der Waals surface area contributed by atoms with Gasteiger partial charge in [0.25, 0.3) is 0 Å². The van der Waals surface area contributed by atoms with Gasteiger partial charge in [0.1, 0.15) is 0 Å². The number of carbonyl (C=O) groups excluding carboxylic acids is 1. The third kappa shape index (κ3) is 5.20. The largest absolute Gasteiger partial charge is 0.326 e. The van der Waals surface area contributed by atoms with Crippen LogP contribution in [0.3, 0.4) is 0 Å². The van der Waals surface area contributed by atoms with E-state index in [9.17, 15) is 13.2 Å². The molecule has 1 amide bonds. The molecule has 0 heterocycles. The zero-order valence-corrected chi connectivity index (χ0v) is 15.0. The predicted molar refractivity (Wildman–Crippen MR) is 97.0 cm³/mol. The highest BCUT2D eigenvalue weighted by atomic mass is 79.9. The second kappa shape index (κ2) is 8.11. The van der Waals surface area contributed by atoms with E-state index in [0.29, 0.717) is 15.7 Å². The molecule has 0 aliphatic heterocycles. The van der Waals surface area contributed by atoms with Crippen LogP contribution in [-0.4, -0.2) is 20.9 Å². The molecule has 0 aliphatic carbocycles. The molecule has 0 aromatic heterocycles. The van der Waals surface area contributed by atoms with Crippen molar-refractivity contribution in [3.63, 3.8) is 0 Å². The minimum absolute atomic E-state index is 0.00445. The zero-order valence-electron chi connectivity index (χ0n) is 12.6. The number of terminal acetylenes is 1. The molecule has 0 atom stereocenters. The van der Waals surface area contributed by atoms with E-state index in [1.54, 1.807) is 36.4 Å². The van der Waals surface area contributed by atoms with Crippen LogP contribution >= 0.6 is 15.9 Å². The molecule has 24 heavy (non-hydrogen) atoms. The van der Waals surface area contributed by atoms with Crippen molar-refractivity contribution in [2.24, 2.45) is 0 Å². The number of sulfonamides is 1. The summed E-state index contributed by atoms with van der Waals surface area (Å²) < 4.78 is 27.3. The number of benzene rings is 2. The first kappa shape index (κ1) is 18.2. The Hall–Kier alpha value is -2.14. The fourth-order valence-corrected chi connectivity index (χ4v) is 3.55. The molecule has 7 heteroatoms. The van der Waals surface area contributed by atoms with E-state index in [-0.39, 0.29) is 23.8 Å². The van der Waals surface area contributed by atoms with Crippen molar-refractivity contribution < 1.29 is 13.2 Å². The Morgan fingerprint density at radius 1 is 1.17 bits per heavy atom. The van der Waals surface area contributed by atoms with Gasteiger partial charge < -0.3 is 5.32 Å². The van der Waals surface area contributed by atoms with Gasteiger partial charge in [0.05, 0.1) is 4.90 Å². The molecule has 5 nitrogen and oxygen atoms in total. The monoisotopic (exact) mass is 406 g/mol. The van der Waals surface area contributed by atoms with Gasteiger partial charge in [-0.25, -0.2) is 13.1 Å². The number of amides is 1. The fourth-order valence-electron chi connectivity index (χ4n) is 1.93. The quantitative estimate of drug-likeness (QED) is 0.724. The summed E-state index contributed by atoms with van der Waals surface area (Å²) in [6, 6.07) is 13.2. The summed E-state index contributed by atoms with van der Waals surface area (Å²) in [7, 11) is -3.65. The highest BCUT2D eigenvalue weighted by Crippen LogP contribution is 2.16. The molecule has 2 rings (SSSR count). The summed E-state index contributed by atoms with van der Waals surface area (Å²) in [5.41, 5.74) is 1.23. The van der Waals surface area contributed by atoms with Crippen molar-refractivity contribution in [2.75, 3.05) is 11.9 Å². The van der Waals surface area contributed by atoms with E-state index in [2.05, 4.69) is 31.9 Å². The van der Waals surface area contributed by atoms with Gasteiger partial charge in [-0.2, -0.15) is 0 Å². The lowest BCUT2D eigenvalue weighted by molar-refractivity contribution is -0.116. The van der Waals surface area contributed by atoms with Crippen LogP contribution in [0.5, 0.6) is 0 Å². The van der Waals surface area contributed by atoms with Crippen LogP contribution in [0.4, 0.5) is 5.69 Å². The van der Waals surface area contributed by atoms with E-state index in [1.807, 2.05) is 0 Å². The summed E-state index contributed by atoms with van der Waals surface area (Å²) in [5, 5.41) is 2.67. The van der Waals surface area contributed by atoms with Crippen LogP contribution < -0.4 is 10.0 Å². The summed E-state index contributed by atoms with van der Waals surface area (Å²) in [6.45, 7) is -0.00445. The van der Waals surface area contributed by atoms with Crippen molar-refractivity contribution in [2.45, 2.75) is 11.3 Å². The average molecular weight is 407 g/mol. The number of rotatable bonds is 6. The minimum atomic E-state index is -3.65. The fraction of sp³-hybridized carbons (Fsp3) is 0.118. The molecule has 0 unspecified atom stereocenters. The van der Waals surface area contributed by atoms with Gasteiger partial charge in [0.2, 0.25) is 15.9 Å². The highest BCUT2D eigenvalue weighted by Gasteiger charge is 2.14. The second-order valence-corrected chi connectivity index (χ2v) is 7.56. The standard InChI is InChI=1S/C17H15BrN2O3S/c1-2-13-5-3-7-15(11-13)20-17(21)9-10-19-24(22,23)16-8-4-6-14(18)12-16/h1,3-8,11-12,19H,9-10H2,(H,20,21). The smallest absolute Gasteiger partial charge is 0.240 e. The number of carbonyl (C=O) groups is 1. The number of anilines is 1. The highest BCUT2D eigenvalue weighted by molar-refractivity contribution is 9.10. The first-order valence-corrected chi connectivity index (χ1v) is 9.30. The molecular formula is C17H15BrN2O3S. The van der Waals surface area contributed by atoms with Gasteiger partial charge in [-0.15, -0.1) is 6.42 Å². The van der Waals surface area contributed by atoms with Crippen molar-refractivity contribution in [3.8, 4) is 12.3 Å². The Balaban J connectivity index is 1.89. The first-order chi connectivity index (χ1) is 11.4. The third-order valence-corrected chi connectivity index (χ3v) is 5.02. The number of nitrogens with one attached hydrogen (secondary N) is 2. The van der Waals surface area contributed by atoms with Gasteiger partial charge in [-0.1, -0.05) is 34.0 Å². The molecule has 2 aromatic rings. The van der Waals surface area contributed by atoms with Crippen molar-refractivity contribution in [1.29, 1.82) is 0 Å². The van der Waals surface area contributed by atoms with Gasteiger partial charge >= 0.3 is 0 Å². The third-order valence-electron chi connectivity index (χ3n) is 3.06. The molecule has 0 fully saturated rings. The van der Waals surface area contributed by atoms with E-state index in [4.69, 9.17) is 6.42 Å². The van der Waals surface area contributed by atoms with E-state index >= 15 is 0 Å². The van der Waals surface area contributed by atoms with E-state index in [1.165, 1.54) is 12.1 Å². The molecule has 0 radical (unpaired) electrons. The van der Waals surface area contributed by atoms with Crippen LogP contribution in [-0.2, 0) is 14.8 Å². The summed E-state index contributed by atoms with van der Waals surface area (Å²) >= 11 is 3.22. The van der Waals surface area contributed by atoms with Crippen molar-refractivity contribution >= 4 is 37.5 Å². The lowest BCUT2D eigenvalue weighted by atomic mass is 10.2. The Morgan fingerprint density at radius 2 is 1.92 bits per heavy atom. The Morgan fingerprint density at radius 3 is 2.62 bits per heavy atom. The molecule has 0 aliphatic rings. The summed E-state index contributed by atoms with van der Waals surface area (Å²) in [6.07, 6.45) is 5.31. The first-order valence-electron chi connectivity index (χ1n) is 7.02. The van der Waals surface area contributed by atoms with Gasteiger partial charge in [-0.3, -0.25) is 4.79 Å². The van der Waals surface area contributed by atoms with E-state index < -0.39 is 10.0 Å². The Kier molecular flexibility index (Phi) is 6.15. The maximum Gasteiger partial charge on any atom is 0.240 e. The SMILES string of the molecule is C#Cc1cccc(NC(=O)CCNS(=O)(=O)c2cccc(Br)c2)c1. The molecule has 0 spiro atoms. The number of halogens is 1.